The van der Waals surface area contributed by atoms with Crippen molar-refractivity contribution in [3.63, 3.8) is 0 Å². The Morgan fingerprint density at radius 3 is 2.27 bits per heavy atom. The average Bonchev–Trinajstić information content (AvgIpc) is 2.95. The van der Waals surface area contributed by atoms with Crippen LogP contribution in [0.1, 0.15) is 26.4 Å². The van der Waals surface area contributed by atoms with Crippen molar-refractivity contribution in [2.45, 2.75) is 6.61 Å². The number of hydrogen-bond acceptors (Lipinski definition) is 8. The lowest BCUT2D eigenvalue weighted by molar-refractivity contribution is 0.0584. The Kier molecular flexibility index (Phi) is 7.63. The summed E-state index contributed by atoms with van der Waals surface area (Å²) in [5, 5.41) is 0. The maximum atomic E-state index is 13.2. The fourth-order valence-corrected chi connectivity index (χ4v) is 3.51. The molecule has 1 heterocycles. The third-order valence-corrected chi connectivity index (χ3v) is 5.49. The van der Waals surface area contributed by atoms with Crippen molar-refractivity contribution in [1.82, 2.24) is 9.55 Å². The SMILES string of the molecule is COC(=O)c1nc(-c2cccc(OCc3ccc(OC)cc3)c2)n(C)c(=O)c1OC(=O)c1ccccc1. The van der Waals surface area contributed by atoms with Gasteiger partial charge in [0.1, 0.15) is 23.9 Å². The zero-order valence-electron chi connectivity index (χ0n) is 20.5. The van der Waals surface area contributed by atoms with Crippen LogP contribution in [-0.4, -0.2) is 35.7 Å². The molecule has 1 aromatic heterocycles. The second-order valence-corrected chi connectivity index (χ2v) is 7.89. The summed E-state index contributed by atoms with van der Waals surface area (Å²) in [5.41, 5.74) is 0.534. The average molecular weight is 501 g/mol. The highest BCUT2D eigenvalue weighted by molar-refractivity contribution is 5.95. The highest BCUT2D eigenvalue weighted by Crippen LogP contribution is 2.25. The lowest BCUT2D eigenvalue weighted by atomic mass is 10.2. The first-order valence-electron chi connectivity index (χ1n) is 11.2. The fourth-order valence-electron chi connectivity index (χ4n) is 3.51. The highest BCUT2D eigenvalue weighted by Gasteiger charge is 2.26. The fraction of sp³-hybridized carbons (Fsp3) is 0.143. The van der Waals surface area contributed by atoms with E-state index in [1.54, 1.807) is 49.6 Å². The van der Waals surface area contributed by atoms with Crippen LogP contribution in [0.5, 0.6) is 17.2 Å². The number of aromatic nitrogens is 2. The summed E-state index contributed by atoms with van der Waals surface area (Å²) < 4.78 is 22.4. The number of rotatable bonds is 8. The molecule has 37 heavy (non-hydrogen) atoms. The van der Waals surface area contributed by atoms with E-state index in [0.717, 1.165) is 18.4 Å². The number of benzene rings is 3. The number of methoxy groups -OCH3 is 2. The summed E-state index contributed by atoms with van der Waals surface area (Å²) in [5.74, 6) is -0.787. The van der Waals surface area contributed by atoms with Crippen molar-refractivity contribution in [3.05, 3.63) is 106 Å². The van der Waals surface area contributed by atoms with Gasteiger partial charge < -0.3 is 18.9 Å². The van der Waals surface area contributed by atoms with E-state index < -0.39 is 28.9 Å². The summed E-state index contributed by atoms with van der Waals surface area (Å²) in [7, 11) is 4.22. The molecule has 0 N–H and O–H groups in total. The van der Waals surface area contributed by atoms with Gasteiger partial charge in [-0.1, -0.05) is 42.5 Å². The Morgan fingerprint density at radius 1 is 0.865 bits per heavy atom. The van der Waals surface area contributed by atoms with Crippen LogP contribution in [0, 0.1) is 0 Å². The summed E-state index contributed by atoms with van der Waals surface area (Å²) >= 11 is 0. The number of esters is 2. The molecule has 0 bridgehead atoms. The first kappa shape index (κ1) is 25.2. The topological polar surface area (TPSA) is 106 Å². The van der Waals surface area contributed by atoms with Gasteiger partial charge in [0.05, 0.1) is 19.8 Å². The van der Waals surface area contributed by atoms with Crippen LogP contribution >= 0.6 is 0 Å². The normalized spacial score (nSPS) is 10.5. The van der Waals surface area contributed by atoms with Gasteiger partial charge in [0, 0.05) is 12.6 Å². The molecule has 0 saturated carbocycles. The van der Waals surface area contributed by atoms with Gasteiger partial charge in [0.15, 0.2) is 5.69 Å². The van der Waals surface area contributed by atoms with E-state index in [9.17, 15) is 14.4 Å². The van der Waals surface area contributed by atoms with Gasteiger partial charge in [-0.3, -0.25) is 9.36 Å². The Morgan fingerprint density at radius 2 is 1.59 bits per heavy atom. The third-order valence-electron chi connectivity index (χ3n) is 5.49. The van der Waals surface area contributed by atoms with Crippen LogP contribution in [0.15, 0.2) is 83.7 Å². The zero-order chi connectivity index (χ0) is 26.4. The quantitative estimate of drug-likeness (QED) is 0.334. The molecule has 0 atom stereocenters. The predicted octanol–water partition coefficient (Wildman–Crippen LogP) is 4.04. The lowest BCUT2D eigenvalue weighted by Crippen LogP contribution is -2.28. The van der Waals surface area contributed by atoms with Crippen LogP contribution < -0.4 is 19.8 Å². The molecule has 3 aromatic carbocycles. The summed E-state index contributed by atoms with van der Waals surface area (Å²) in [4.78, 5) is 42.7. The minimum atomic E-state index is -0.915. The number of carbonyl (C=O) groups excluding carboxylic acids is 2. The predicted molar refractivity (Wildman–Crippen MR) is 135 cm³/mol. The van der Waals surface area contributed by atoms with Gasteiger partial charge in [-0.05, 0) is 42.0 Å². The van der Waals surface area contributed by atoms with E-state index in [-0.39, 0.29) is 11.4 Å². The molecule has 0 radical (unpaired) electrons. The van der Waals surface area contributed by atoms with Gasteiger partial charge in [-0.15, -0.1) is 0 Å². The lowest BCUT2D eigenvalue weighted by Gasteiger charge is -2.14. The van der Waals surface area contributed by atoms with E-state index in [4.69, 9.17) is 18.9 Å². The van der Waals surface area contributed by atoms with Gasteiger partial charge >= 0.3 is 11.9 Å². The molecular weight excluding hydrogens is 476 g/mol. The molecule has 0 spiro atoms. The van der Waals surface area contributed by atoms with Gasteiger partial charge in [-0.2, -0.15) is 0 Å². The Labute approximate surface area is 212 Å². The zero-order valence-corrected chi connectivity index (χ0v) is 20.5. The van der Waals surface area contributed by atoms with Crippen molar-refractivity contribution in [2.75, 3.05) is 14.2 Å². The number of hydrogen-bond donors (Lipinski definition) is 0. The minimum Gasteiger partial charge on any atom is -0.497 e. The molecule has 0 aliphatic heterocycles. The molecule has 0 fully saturated rings. The molecule has 9 nitrogen and oxygen atoms in total. The standard InChI is InChI=1S/C28H24N2O7/c1-30-25(20-10-7-11-22(16-20)36-17-18-12-14-21(34-2)15-13-18)29-23(28(33)35-3)24(26(30)31)37-27(32)19-8-5-4-6-9-19/h4-16H,17H2,1-3H3. The van der Waals surface area contributed by atoms with Gasteiger partial charge in [0.25, 0.3) is 5.56 Å². The third kappa shape index (κ3) is 5.67. The van der Waals surface area contributed by atoms with Crippen LogP contribution in [0.4, 0.5) is 0 Å². The molecular formula is C28H24N2O7. The maximum absolute atomic E-state index is 13.2. The largest absolute Gasteiger partial charge is 0.497 e. The highest BCUT2D eigenvalue weighted by atomic mass is 16.5. The van der Waals surface area contributed by atoms with Crippen molar-refractivity contribution >= 4 is 11.9 Å². The van der Waals surface area contributed by atoms with Gasteiger partial charge in [0.2, 0.25) is 5.75 Å². The molecule has 0 aliphatic carbocycles. The first-order chi connectivity index (χ1) is 17.9. The second kappa shape index (κ2) is 11.2. The van der Waals surface area contributed by atoms with Crippen LogP contribution in [0.3, 0.4) is 0 Å². The molecule has 0 unspecified atom stereocenters. The summed E-state index contributed by atoms with van der Waals surface area (Å²) in [6, 6.07) is 22.5. The van der Waals surface area contributed by atoms with Crippen molar-refractivity contribution < 1.29 is 28.5 Å². The molecule has 9 heteroatoms. The molecule has 0 aliphatic rings. The monoisotopic (exact) mass is 500 g/mol. The molecule has 0 saturated heterocycles. The van der Waals surface area contributed by atoms with E-state index >= 15 is 0 Å². The second-order valence-electron chi connectivity index (χ2n) is 7.89. The molecule has 0 amide bonds. The van der Waals surface area contributed by atoms with E-state index in [1.807, 2.05) is 24.3 Å². The van der Waals surface area contributed by atoms with E-state index in [1.165, 1.54) is 23.7 Å². The van der Waals surface area contributed by atoms with Crippen LogP contribution in [-0.2, 0) is 18.4 Å². The summed E-state index contributed by atoms with van der Waals surface area (Å²) in [6.45, 7) is 0.307. The van der Waals surface area contributed by atoms with E-state index in [2.05, 4.69) is 4.98 Å². The van der Waals surface area contributed by atoms with Crippen LogP contribution in [0.25, 0.3) is 11.4 Å². The summed E-state index contributed by atoms with van der Waals surface area (Å²) in [6.07, 6.45) is 0. The Balaban J connectivity index is 1.66. The van der Waals surface area contributed by atoms with E-state index in [0.29, 0.717) is 17.9 Å². The molecule has 4 aromatic rings. The molecule has 4 rings (SSSR count). The van der Waals surface area contributed by atoms with Gasteiger partial charge in [-0.25, -0.2) is 14.6 Å². The molecule has 188 valence electrons. The Hall–Kier alpha value is -4.92. The Bertz CT molecular complexity index is 1480. The number of carbonyl (C=O) groups is 2. The smallest absolute Gasteiger partial charge is 0.360 e. The minimum absolute atomic E-state index is 0.166. The van der Waals surface area contributed by atoms with Crippen molar-refractivity contribution in [3.8, 4) is 28.6 Å². The van der Waals surface area contributed by atoms with Crippen molar-refractivity contribution in [1.29, 1.82) is 0 Å². The first-order valence-corrected chi connectivity index (χ1v) is 11.2. The maximum Gasteiger partial charge on any atom is 0.360 e. The van der Waals surface area contributed by atoms with Crippen LogP contribution in [0.2, 0.25) is 0 Å². The van der Waals surface area contributed by atoms with Crippen molar-refractivity contribution in [2.24, 2.45) is 7.05 Å². The number of ether oxygens (including phenoxy) is 4. The number of nitrogens with zero attached hydrogens (tertiary/aromatic N) is 2.